The molecule has 2 nitrogen and oxygen atoms in total. The number of aryl methyl sites for hydroxylation is 1. The molecule has 0 spiro atoms. The average molecular weight is 260 g/mol. The van der Waals surface area contributed by atoms with Gasteiger partial charge in [-0.2, -0.15) is 0 Å². The lowest BCUT2D eigenvalue weighted by molar-refractivity contribution is 0.414. The molecule has 0 aliphatic heterocycles. The molecule has 0 fully saturated rings. The summed E-state index contributed by atoms with van der Waals surface area (Å²) in [5.74, 6) is 0.760. The second-order valence-electron chi connectivity index (χ2n) is 3.98. The SMILES string of the molecule is COc1ccc(Cl)cc1C=Nc1ccc(C)cc1. The summed E-state index contributed by atoms with van der Waals surface area (Å²) in [5, 5.41) is 0.668. The highest BCUT2D eigenvalue weighted by atomic mass is 35.5. The monoisotopic (exact) mass is 259 g/mol. The second-order valence-corrected chi connectivity index (χ2v) is 4.42. The number of nitrogens with zero attached hydrogens (tertiary/aromatic N) is 1. The largest absolute Gasteiger partial charge is 0.496 e. The Kier molecular flexibility index (Phi) is 4.00. The number of rotatable bonds is 3. The summed E-state index contributed by atoms with van der Waals surface area (Å²) in [4.78, 5) is 4.40. The van der Waals surface area contributed by atoms with Crippen molar-refractivity contribution in [1.82, 2.24) is 0 Å². The molecule has 0 atom stereocenters. The predicted molar refractivity (Wildman–Crippen MR) is 76.4 cm³/mol. The van der Waals surface area contributed by atoms with Crippen molar-refractivity contribution in [3.63, 3.8) is 0 Å². The maximum atomic E-state index is 5.96. The van der Waals surface area contributed by atoms with Crippen molar-refractivity contribution >= 4 is 23.5 Å². The minimum atomic E-state index is 0.668. The number of methoxy groups -OCH3 is 1. The Morgan fingerprint density at radius 2 is 1.83 bits per heavy atom. The summed E-state index contributed by atoms with van der Waals surface area (Å²) in [6.45, 7) is 2.05. The van der Waals surface area contributed by atoms with Gasteiger partial charge >= 0.3 is 0 Å². The first-order valence-electron chi connectivity index (χ1n) is 5.63. The molecule has 0 unspecified atom stereocenters. The molecule has 0 radical (unpaired) electrons. The van der Waals surface area contributed by atoms with Gasteiger partial charge in [-0.1, -0.05) is 29.3 Å². The molecular weight excluding hydrogens is 246 g/mol. The van der Waals surface area contributed by atoms with Crippen LogP contribution in [0.3, 0.4) is 0 Å². The molecule has 0 bridgehead atoms. The van der Waals surface area contributed by atoms with Gasteiger partial charge in [0.15, 0.2) is 0 Å². The fourth-order valence-corrected chi connectivity index (χ4v) is 1.76. The van der Waals surface area contributed by atoms with Gasteiger partial charge in [0, 0.05) is 16.8 Å². The minimum Gasteiger partial charge on any atom is -0.496 e. The Morgan fingerprint density at radius 3 is 2.50 bits per heavy atom. The Bertz CT molecular complexity index is 561. The van der Waals surface area contributed by atoms with Crippen molar-refractivity contribution < 1.29 is 4.74 Å². The van der Waals surface area contributed by atoms with Crippen LogP contribution < -0.4 is 4.74 Å². The third-order valence-electron chi connectivity index (χ3n) is 2.58. The smallest absolute Gasteiger partial charge is 0.127 e. The first kappa shape index (κ1) is 12.7. The number of benzene rings is 2. The Labute approximate surface area is 112 Å². The highest BCUT2D eigenvalue weighted by Gasteiger charge is 2.00. The van der Waals surface area contributed by atoms with Crippen LogP contribution in [0.25, 0.3) is 0 Å². The van der Waals surface area contributed by atoms with E-state index in [-0.39, 0.29) is 0 Å². The van der Waals surface area contributed by atoms with Gasteiger partial charge in [-0.25, -0.2) is 0 Å². The minimum absolute atomic E-state index is 0.668. The van der Waals surface area contributed by atoms with Crippen molar-refractivity contribution in [2.45, 2.75) is 6.92 Å². The van der Waals surface area contributed by atoms with Crippen LogP contribution >= 0.6 is 11.6 Å². The standard InChI is InChI=1S/C15H14ClNO/c1-11-3-6-14(7-4-11)17-10-12-9-13(16)5-8-15(12)18-2/h3-10H,1-2H3. The van der Waals surface area contributed by atoms with E-state index in [0.29, 0.717) is 5.02 Å². The van der Waals surface area contributed by atoms with Crippen molar-refractivity contribution in [2.75, 3.05) is 7.11 Å². The van der Waals surface area contributed by atoms with Gasteiger partial charge in [-0.3, -0.25) is 4.99 Å². The molecule has 0 aliphatic rings. The van der Waals surface area contributed by atoms with Crippen LogP contribution in [0, 0.1) is 6.92 Å². The highest BCUT2D eigenvalue weighted by molar-refractivity contribution is 6.30. The molecule has 92 valence electrons. The van der Waals surface area contributed by atoms with Crippen molar-refractivity contribution in [1.29, 1.82) is 0 Å². The van der Waals surface area contributed by atoms with Crippen molar-refractivity contribution in [3.8, 4) is 5.75 Å². The number of hydrogen-bond donors (Lipinski definition) is 0. The van der Waals surface area contributed by atoms with Gasteiger partial charge in [0.05, 0.1) is 12.8 Å². The quantitative estimate of drug-likeness (QED) is 0.749. The molecule has 2 aromatic rings. The van der Waals surface area contributed by atoms with Crippen molar-refractivity contribution in [3.05, 3.63) is 58.6 Å². The normalized spacial score (nSPS) is 10.8. The fourth-order valence-electron chi connectivity index (χ4n) is 1.58. The van der Waals surface area contributed by atoms with Crippen LogP contribution in [0.4, 0.5) is 5.69 Å². The summed E-state index contributed by atoms with van der Waals surface area (Å²) in [5.41, 5.74) is 2.99. The molecule has 0 aliphatic carbocycles. The molecule has 0 amide bonds. The van der Waals surface area contributed by atoms with E-state index in [9.17, 15) is 0 Å². The van der Waals surface area contributed by atoms with Gasteiger partial charge in [0.2, 0.25) is 0 Å². The Balaban J connectivity index is 2.27. The van der Waals surface area contributed by atoms with Gasteiger partial charge in [-0.15, -0.1) is 0 Å². The summed E-state index contributed by atoms with van der Waals surface area (Å²) in [6.07, 6.45) is 1.76. The highest BCUT2D eigenvalue weighted by Crippen LogP contribution is 2.22. The van der Waals surface area contributed by atoms with Crippen LogP contribution in [0.2, 0.25) is 5.02 Å². The molecule has 0 saturated heterocycles. The van der Waals surface area contributed by atoms with Crippen LogP contribution in [-0.2, 0) is 0 Å². The second kappa shape index (κ2) is 5.69. The van der Waals surface area contributed by atoms with Gasteiger partial charge < -0.3 is 4.74 Å². The zero-order valence-corrected chi connectivity index (χ0v) is 11.1. The molecule has 2 aromatic carbocycles. The fraction of sp³-hybridized carbons (Fsp3) is 0.133. The third kappa shape index (κ3) is 3.11. The van der Waals surface area contributed by atoms with E-state index in [1.54, 1.807) is 19.4 Å². The predicted octanol–water partition coefficient (Wildman–Crippen LogP) is 4.41. The lowest BCUT2D eigenvalue weighted by Crippen LogP contribution is -1.90. The van der Waals surface area contributed by atoms with Crippen molar-refractivity contribution in [2.24, 2.45) is 4.99 Å². The number of hydrogen-bond acceptors (Lipinski definition) is 2. The first-order chi connectivity index (χ1) is 8.69. The maximum Gasteiger partial charge on any atom is 0.127 e. The van der Waals surface area contributed by atoms with E-state index in [1.807, 2.05) is 43.3 Å². The summed E-state index contributed by atoms with van der Waals surface area (Å²) in [7, 11) is 1.63. The lowest BCUT2D eigenvalue weighted by Gasteiger charge is -2.04. The van der Waals surface area contributed by atoms with Gasteiger partial charge in [0.25, 0.3) is 0 Å². The summed E-state index contributed by atoms with van der Waals surface area (Å²) in [6, 6.07) is 13.5. The van der Waals surface area contributed by atoms with E-state index in [4.69, 9.17) is 16.3 Å². The van der Waals surface area contributed by atoms with E-state index in [0.717, 1.165) is 17.0 Å². The Hall–Kier alpha value is -1.80. The van der Waals surface area contributed by atoms with Gasteiger partial charge in [0.1, 0.15) is 5.75 Å². The summed E-state index contributed by atoms with van der Waals surface area (Å²) >= 11 is 5.96. The molecule has 0 saturated carbocycles. The summed E-state index contributed by atoms with van der Waals surface area (Å²) < 4.78 is 5.26. The van der Waals surface area contributed by atoms with E-state index in [1.165, 1.54) is 5.56 Å². The number of halogens is 1. The maximum absolute atomic E-state index is 5.96. The average Bonchev–Trinajstić information content (AvgIpc) is 2.38. The van der Waals surface area contributed by atoms with Crippen LogP contribution in [-0.4, -0.2) is 13.3 Å². The topological polar surface area (TPSA) is 21.6 Å². The lowest BCUT2D eigenvalue weighted by atomic mass is 10.2. The van der Waals surface area contributed by atoms with Crippen LogP contribution in [0.15, 0.2) is 47.5 Å². The molecule has 0 heterocycles. The zero-order chi connectivity index (χ0) is 13.0. The third-order valence-corrected chi connectivity index (χ3v) is 2.81. The molecule has 3 heteroatoms. The zero-order valence-electron chi connectivity index (χ0n) is 10.4. The molecule has 0 aromatic heterocycles. The van der Waals surface area contributed by atoms with E-state index >= 15 is 0 Å². The van der Waals surface area contributed by atoms with Gasteiger partial charge in [-0.05, 0) is 37.3 Å². The van der Waals surface area contributed by atoms with E-state index < -0.39 is 0 Å². The van der Waals surface area contributed by atoms with Crippen LogP contribution in [0.5, 0.6) is 5.75 Å². The first-order valence-corrected chi connectivity index (χ1v) is 6.01. The molecular formula is C15H14ClNO. The molecule has 2 rings (SSSR count). The Morgan fingerprint density at radius 1 is 1.11 bits per heavy atom. The molecule has 18 heavy (non-hydrogen) atoms. The number of aliphatic imine (C=N–C) groups is 1. The number of ether oxygens (including phenoxy) is 1. The molecule has 0 N–H and O–H groups in total. The van der Waals surface area contributed by atoms with Crippen LogP contribution in [0.1, 0.15) is 11.1 Å². The van der Waals surface area contributed by atoms with E-state index in [2.05, 4.69) is 4.99 Å².